The average Bonchev–Trinajstić information content (AvgIpc) is 2.68. The molecule has 0 spiro atoms. The summed E-state index contributed by atoms with van der Waals surface area (Å²) in [6, 6.07) is 0. The molecule has 1 aromatic rings. The van der Waals surface area contributed by atoms with Crippen molar-refractivity contribution in [2.45, 2.75) is 33.1 Å². The second-order valence-corrected chi connectivity index (χ2v) is 9.78. The van der Waals surface area contributed by atoms with Crippen LogP contribution in [0.2, 0.25) is 0 Å². The second kappa shape index (κ2) is 7.77. The van der Waals surface area contributed by atoms with Crippen LogP contribution < -0.4 is 0 Å². The fourth-order valence-electron chi connectivity index (χ4n) is 1.13. The molecule has 18 heavy (non-hydrogen) atoms. The number of hydrogen-bond acceptors (Lipinski definition) is 7. The van der Waals surface area contributed by atoms with Gasteiger partial charge in [-0.3, -0.25) is 0 Å². The van der Waals surface area contributed by atoms with Gasteiger partial charge in [0.15, 0.2) is 0 Å². The van der Waals surface area contributed by atoms with E-state index in [9.17, 15) is 0 Å². The maximum Gasteiger partial charge on any atom is 0.287 e. The first kappa shape index (κ1) is 16.3. The van der Waals surface area contributed by atoms with Crippen LogP contribution in [0.3, 0.4) is 0 Å². The van der Waals surface area contributed by atoms with Gasteiger partial charge in [0.1, 0.15) is 5.88 Å². The highest BCUT2D eigenvalue weighted by molar-refractivity contribution is 8.67. The van der Waals surface area contributed by atoms with Gasteiger partial charge < -0.3 is 13.5 Å². The molecule has 5 nitrogen and oxygen atoms in total. The Bertz CT molecular complexity index is 464. The number of rotatable bonds is 8. The Balaban J connectivity index is 2.69. The van der Waals surface area contributed by atoms with E-state index in [0.29, 0.717) is 36.2 Å². The molecule has 0 bridgehead atoms. The second-order valence-electron chi connectivity index (χ2n) is 3.16. The maximum absolute atomic E-state index is 5.53. The number of hydrogen-bond donors (Lipinski definition) is 0. The lowest BCUT2D eigenvalue weighted by Gasteiger charge is -2.19. The van der Waals surface area contributed by atoms with Gasteiger partial charge in [0.25, 0.3) is 4.84 Å². The molecule has 0 aliphatic rings. The molecule has 0 unspecified atom stereocenters. The molecule has 1 heterocycles. The predicted molar refractivity (Wildman–Crippen MR) is 79.8 cm³/mol. The van der Waals surface area contributed by atoms with E-state index in [1.54, 1.807) is 4.68 Å². The third kappa shape index (κ3) is 4.75. The van der Waals surface area contributed by atoms with Gasteiger partial charge >= 0.3 is 0 Å². The first-order chi connectivity index (χ1) is 8.54. The molecule has 9 heteroatoms. The van der Waals surface area contributed by atoms with Crippen molar-refractivity contribution in [1.29, 1.82) is 0 Å². The summed E-state index contributed by atoms with van der Waals surface area (Å²) in [4.78, 5) is 0.355. The van der Waals surface area contributed by atoms with E-state index >= 15 is 0 Å². The van der Waals surface area contributed by atoms with Crippen LogP contribution in [0.5, 0.6) is 0 Å². The van der Waals surface area contributed by atoms with Crippen LogP contribution in [0, 0.1) is 4.84 Å². The van der Waals surface area contributed by atoms with E-state index in [-0.39, 0.29) is 0 Å². The van der Waals surface area contributed by atoms with Crippen molar-refractivity contribution in [3.63, 3.8) is 0 Å². The maximum atomic E-state index is 5.53. The summed E-state index contributed by atoms with van der Waals surface area (Å²) < 4.78 is 18.0. The quantitative estimate of drug-likeness (QED) is 0.532. The zero-order valence-electron chi connectivity index (χ0n) is 10.6. The number of aryl methyl sites for hydroxylation is 1. The fraction of sp³-hybridized carbons (Fsp3) is 0.778. The molecule has 0 saturated carbocycles. The largest absolute Gasteiger partial charge is 0.414 e. The first-order valence-corrected chi connectivity index (χ1v) is 10.3. The zero-order chi connectivity index (χ0) is 13.6. The van der Waals surface area contributed by atoms with Gasteiger partial charge in [0.2, 0.25) is 11.6 Å². The van der Waals surface area contributed by atoms with Crippen molar-refractivity contribution in [2.24, 2.45) is 0 Å². The Morgan fingerprint density at radius 1 is 1.33 bits per heavy atom. The smallest absolute Gasteiger partial charge is 0.287 e. The molecule has 0 saturated heterocycles. The highest BCUT2D eigenvalue weighted by Crippen LogP contribution is 2.61. The van der Waals surface area contributed by atoms with Gasteiger partial charge in [-0.15, -0.1) is 5.10 Å². The molecular weight excluding hydrogens is 311 g/mol. The van der Waals surface area contributed by atoms with E-state index in [1.807, 2.05) is 20.8 Å². The summed E-state index contributed by atoms with van der Waals surface area (Å²) in [7, 11) is 0. The summed E-state index contributed by atoms with van der Waals surface area (Å²) >= 11 is 11.9. The van der Waals surface area contributed by atoms with Crippen LogP contribution in [0.1, 0.15) is 26.7 Å². The molecule has 0 amide bonds. The average molecular weight is 328 g/mol. The van der Waals surface area contributed by atoms with E-state index in [1.165, 1.54) is 11.4 Å². The molecule has 1 aromatic heterocycles. The number of aromatic nitrogens is 2. The lowest BCUT2D eigenvalue weighted by molar-refractivity contribution is 0.280. The molecule has 104 valence electrons. The summed E-state index contributed by atoms with van der Waals surface area (Å²) in [5.74, 6) is 1.11. The highest BCUT2D eigenvalue weighted by atomic mass is 32.9. The SMILES string of the molecule is CCOP(=S)(OCC)SCn1nc(CC)oc1=S. The van der Waals surface area contributed by atoms with Crippen LogP contribution >= 0.6 is 29.3 Å². The molecule has 0 atom stereocenters. The predicted octanol–water partition coefficient (Wildman–Crippen LogP) is 3.76. The van der Waals surface area contributed by atoms with Gasteiger partial charge in [0, 0.05) is 6.42 Å². The first-order valence-electron chi connectivity index (χ1n) is 5.65. The third-order valence-corrected chi connectivity index (χ3v) is 7.49. The minimum absolute atomic E-state index is 0.355. The zero-order valence-corrected chi connectivity index (χ0v) is 14.0. The van der Waals surface area contributed by atoms with Gasteiger partial charge in [-0.05, 0) is 49.3 Å². The molecule has 1 rings (SSSR count). The van der Waals surface area contributed by atoms with Gasteiger partial charge in [-0.25, -0.2) is 4.68 Å². The van der Waals surface area contributed by atoms with E-state index in [4.69, 9.17) is 37.5 Å². The summed E-state index contributed by atoms with van der Waals surface area (Å²) in [5.41, 5.74) is -2.30. The lowest BCUT2D eigenvalue weighted by Crippen LogP contribution is -2.00. The van der Waals surface area contributed by atoms with Crippen molar-refractivity contribution in [1.82, 2.24) is 9.78 Å². The molecule has 0 radical (unpaired) electrons. The normalized spacial score (nSPS) is 11.9. The standard InChI is InChI=1S/C9H17N2O3PS3/c1-4-8-10-11(9(16)14-8)7-18-15(17,12-5-2)13-6-3/h4-7H2,1-3H3. The van der Waals surface area contributed by atoms with Crippen molar-refractivity contribution in [2.75, 3.05) is 13.2 Å². The van der Waals surface area contributed by atoms with Crippen molar-refractivity contribution < 1.29 is 13.5 Å². The molecule has 0 aromatic carbocycles. The van der Waals surface area contributed by atoms with Gasteiger partial charge in [-0.1, -0.05) is 6.92 Å². The molecule has 0 fully saturated rings. The third-order valence-electron chi connectivity index (χ3n) is 1.86. The van der Waals surface area contributed by atoms with E-state index in [0.717, 1.165) is 0 Å². The Labute approximate surface area is 121 Å². The molecule has 0 aliphatic carbocycles. The minimum atomic E-state index is -2.30. The van der Waals surface area contributed by atoms with Crippen molar-refractivity contribution in [3.8, 4) is 0 Å². The van der Waals surface area contributed by atoms with E-state index in [2.05, 4.69) is 5.10 Å². The highest BCUT2D eigenvalue weighted by Gasteiger charge is 2.19. The Morgan fingerprint density at radius 3 is 2.39 bits per heavy atom. The Hall–Kier alpha value is 0.280. The van der Waals surface area contributed by atoms with Crippen LogP contribution in [0.15, 0.2) is 4.42 Å². The van der Waals surface area contributed by atoms with Crippen LogP contribution in [0.25, 0.3) is 0 Å². The van der Waals surface area contributed by atoms with E-state index < -0.39 is 5.69 Å². The topological polar surface area (TPSA) is 49.4 Å². The Morgan fingerprint density at radius 2 is 1.94 bits per heavy atom. The van der Waals surface area contributed by atoms with Crippen LogP contribution in [0.4, 0.5) is 0 Å². The molecular formula is C9H17N2O3PS3. The summed E-state index contributed by atoms with van der Waals surface area (Å²) in [5, 5.41) is 4.24. The van der Waals surface area contributed by atoms with Gasteiger partial charge in [0.05, 0.1) is 13.2 Å². The minimum Gasteiger partial charge on any atom is -0.414 e. The van der Waals surface area contributed by atoms with Crippen molar-refractivity contribution >= 4 is 41.1 Å². The van der Waals surface area contributed by atoms with Crippen molar-refractivity contribution in [3.05, 3.63) is 10.7 Å². The fourth-order valence-corrected chi connectivity index (χ4v) is 5.58. The lowest BCUT2D eigenvalue weighted by atomic mass is 10.5. The van der Waals surface area contributed by atoms with Gasteiger partial charge in [-0.2, -0.15) is 0 Å². The van der Waals surface area contributed by atoms with Crippen LogP contribution in [-0.2, 0) is 33.2 Å². The molecule has 0 aliphatic heterocycles. The van der Waals surface area contributed by atoms with Crippen LogP contribution in [-0.4, -0.2) is 23.0 Å². The Kier molecular flexibility index (Phi) is 7.05. The number of nitrogens with zero attached hydrogens (tertiary/aromatic N) is 2. The summed E-state index contributed by atoms with van der Waals surface area (Å²) in [6.45, 7) is 6.83. The molecule has 0 N–H and O–H groups in total. The summed E-state index contributed by atoms with van der Waals surface area (Å²) in [6.07, 6.45) is 0.715. The monoisotopic (exact) mass is 328 g/mol.